The number of amides is 4. The van der Waals surface area contributed by atoms with Crippen molar-refractivity contribution in [2.45, 2.75) is 31.9 Å². The number of nitrogens with zero attached hydrogens (tertiary/aromatic N) is 3. The van der Waals surface area contributed by atoms with Crippen molar-refractivity contribution >= 4 is 34.6 Å². The van der Waals surface area contributed by atoms with Gasteiger partial charge < -0.3 is 14.2 Å². The Kier molecular flexibility index (Phi) is 5.73. The minimum Gasteiger partial charge on any atom is -0.445 e. The quantitative estimate of drug-likeness (QED) is 0.655. The maximum Gasteiger partial charge on any atom is 0.410 e. The second-order valence-electron chi connectivity index (χ2n) is 8.45. The number of nitrogens with one attached hydrogen (secondary N) is 1. The summed E-state index contributed by atoms with van der Waals surface area (Å²) in [5.41, 5.74) is 2.82. The molecule has 33 heavy (non-hydrogen) atoms. The summed E-state index contributed by atoms with van der Waals surface area (Å²) < 4.78 is 7.71. The summed E-state index contributed by atoms with van der Waals surface area (Å²) in [5, 5.41) is 3.37. The fraction of sp³-hybridized carbons (Fsp3) is 0.320. The van der Waals surface area contributed by atoms with Gasteiger partial charge in [-0.05, 0) is 36.6 Å². The van der Waals surface area contributed by atoms with Gasteiger partial charge in [-0.2, -0.15) is 0 Å². The molecule has 0 saturated carbocycles. The number of ether oxygens (including phenoxy) is 1. The summed E-state index contributed by atoms with van der Waals surface area (Å²) in [6.45, 7) is 1.92. The Bertz CT molecular complexity index is 1180. The molecule has 2 saturated heterocycles. The molecular formula is C25H26N4O4. The molecule has 8 heteroatoms. The van der Waals surface area contributed by atoms with Crippen LogP contribution < -0.4 is 10.2 Å². The standard InChI is InChI=1S/C25H26N4O4/c30-23-12-16-29(24(31)26-23)22-8-4-7-21-20(22)11-15-28(21)19-9-13-27(14-10-19)25(32)33-17-18-5-2-1-3-6-18/h1-8,11,15,19H,9-10,12-14,16-17H2,(H,26,30,31). The topological polar surface area (TPSA) is 83.9 Å². The first-order valence-electron chi connectivity index (χ1n) is 11.3. The van der Waals surface area contributed by atoms with Crippen LogP contribution in [0.3, 0.4) is 0 Å². The number of aromatic nitrogens is 1. The Labute approximate surface area is 191 Å². The number of hydrogen-bond acceptors (Lipinski definition) is 4. The van der Waals surface area contributed by atoms with E-state index in [2.05, 4.69) is 16.1 Å². The molecule has 3 aromatic rings. The number of carbonyl (C=O) groups is 3. The van der Waals surface area contributed by atoms with Crippen molar-refractivity contribution in [3.8, 4) is 0 Å². The number of imide groups is 1. The molecule has 4 amide bonds. The summed E-state index contributed by atoms with van der Waals surface area (Å²) >= 11 is 0. The van der Waals surface area contributed by atoms with Crippen LogP contribution in [0.1, 0.15) is 30.9 Å². The fourth-order valence-electron chi connectivity index (χ4n) is 4.66. The van der Waals surface area contributed by atoms with Gasteiger partial charge in [-0.25, -0.2) is 9.59 Å². The molecular weight excluding hydrogens is 420 g/mol. The van der Waals surface area contributed by atoms with Crippen molar-refractivity contribution in [1.29, 1.82) is 0 Å². The van der Waals surface area contributed by atoms with E-state index in [1.165, 1.54) is 0 Å². The first-order valence-corrected chi connectivity index (χ1v) is 11.3. The maximum absolute atomic E-state index is 12.5. The van der Waals surface area contributed by atoms with Crippen molar-refractivity contribution in [2.75, 3.05) is 24.5 Å². The monoisotopic (exact) mass is 446 g/mol. The van der Waals surface area contributed by atoms with Crippen LogP contribution >= 0.6 is 0 Å². The van der Waals surface area contributed by atoms with E-state index in [-0.39, 0.29) is 30.7 Å². The van der Waals surface area contributed by atoms with Crippen molar-refractivity contribution in [1.82, 2.24) is 14.8 Å². The molecule has 0 spiro atoms. The second-order valence-corrected chi connectivity index (χ2v) is 8.45. The van der Waals surface area contributed by atoms with Crippen LogP contribution in [-0.2, 0) is 16.1 Å². The van der Waals surface area contributed by atoms with E-state index in [0.29, 0.717) is 26.1 Å². The van der Waals surface area contributed by atoms with Crippen LogP contribution in [0.4, 0.5) is 15.3 Å². The first-order chi connectivity index (χ1) is 16.1. The number of hydrogen-bond donors (Lipinski definition) is 1. The fourth-order valence-corrected chi connectivity index (χ4v) is 4.66. The zero-order valence-corrected chi connectivity index (χ0v) is 18.3. The lowest BCUT2D eigenvalue weighted by Crippen LogP contribution is -2.49. The minimum absolute atomic E-state index is 0.241. The van der Waals surface area contributed by atoms with Gasteiger partial charge in [0.2, 0.25) is 5.91 Å². The molecule has 3 heterocycles. The van der Waals surface area contributed by atoms with E-state index >= 15 is 0 Å². The summed E-state index contributed by atoms with van der Waals surface area (Å²) in [5.74, 6) is -0.241. The third-order valence-electron chi connectivity index (χ3n) is 6.41. The number of rotatable bonds is 4. The molecule has 1 N–H and O–H groups in total. The number of urea groups is 1. The molecule has 0 unspecified atom stereocenters. The lowest BCUT2D eigenvalue weighted by Gasteiger charge is -2.32. The highest BCUT2D eigenvalue weighted by molar-refractivity contribution is 6.09. The minimum atomic E-state index is -0.381. The second kappa shape index (κ2) is 8.97. The molecule has 8 nitrogen and oxygen atoms in total. The van der Waals surface area contributed by atoms with Gasteiger partial charge in [-0.3, -0.25) is 15.0 Å². The SMILES string of the molecule is O=C1CCN(c2cccc3c2ccn3C2CCN(C(=O)OCc3ccccc3)CC2)C(=O)N1. The van der Waals surface area contributed by atoms with Crippen LogP contribution in [-0.4, -0.2) is 47.1 Å². The zero-order valence-electron chi connectivity index (χ0n) is 18.3. The molecule has 0 radical (unpaired) electrons. The Morgan fingerprint density at radius 3 is 2.52 bits per heavy atom. The smallest absolute Gasteiger partial charge is 0.410 e. The van der Waals surface area contributed by atoms with Gasteiger partial charge in [0, 0.05) is 43.7 Å². The van der Waals surface area contributed by atoms with E-state index in [9.17, 15) is 14.4 Å². The van der Waals surface area contributed by atoms with Gasteiger partial charge in [-0.15, -0.1) is 0 Å². The highest BCUT2D eigenvalue weighted by Crippen LogP contribution is 2.33. The van der Waals surface area contributed by atoms with Crippen LogP contribution in [0.5, 0.6) is 0 Å². The molecule has 0 aliphatic carbocycles. The Morgan fingerprint density at radius 2 is 1.76 bits per heavy atom. The number of benzene rings is 2. The lowest BCUT2D eigenvalue weighted by atomic mass is 10.0. The largest absolute Gasteiger partial charge is 0.445 e. The molecule has 170 valence electrons. The molecule has 2 fully saturated rings. The predicted molar refractivity (Wildman–Crippen MR) is 124 cm³/mol. The summed E-state index contributed by atoms with van der Waals surface area (Å²) in [6.07, 6.45) is 3.72. The van der Waals surface area contributed by atoms with Gasteiger partial charge in [0.15, 0.2) is 0 Å². The Hall–Kier alpha value is -3.81. The maximum atomic E-state index is 12.5. The average molecular weight is 447 g/mol. The van der Waals surface area contributed by atoms with Crippen LogP contribution in [0, 0.1) is 0 Å². The van der Waals surface area contributed by atoms with E-state index in [0.717, 1.165) is 35.0 Å². The van der Waals surface area contributed by atoms with Gasteiger partial charge >= 0.3 is 12.1 Å². The van der Waals surface area contributed by atoms with Crippen LogP contribution in [0.2, 0.25) is 0 Å². The van der Waals surface area contributed by atoms with E-state index < -0.39 is 0 Å². The number of likely N-dealkylation sites (tertiary alicyclic amines) is 1. The van der Waals surface area contributed by atoms with Gasteiger partial charge in [0.05, 0.1) is 11.2 Å². The molecule has 0 atom stereocenters. The number of carbonyl (C=O) groups excluding carboxylic acids is 3. The summed E-state index contributed by atoms with van der Waals surface area (Å²) in [4.78, 5) is 39.7. The number of anilines is 1. The van der Waals surface area contributed by atoms with Crippen LogP contribution in [0.15, 0.2) is 60.8 Å². The molecule has 1 aromatic heterocycles. The van der Waals surface area contributed by atoms with E-state index in [4.69, 9.17) is 4.74 Å². The van der Waals surface area contributed by atoms with Crippen molar-refractivity contribution in [2.24, 2.45) is 0 Å². The third-order valence-corrected chi connectivity index (χ3v) is 6.41. The van der Waals surface area contributed by atoms with E-state index in [1.54, 1.807) is 9.80 Å². The predicted octanol–water partition coefficient (Wildman–Crippen LogP) is 4.06. The molecule has 0 bridgehead atoms. The van der Waals surface area contributed by atoms with Crippen LogP contribution in [0.25, 0.3) is 10.9 Å². The Balaban J connectivity index is 1.25. The Morgan fingerprint density at radius 1 is 0.970 bits per heavy atom. The third kappa shape index (κ3) is 4.28. The van der Waals surface area contributed by atoms with Gasteiger partial charge in [0.25, 0.3) is 0 Å². The highest BCUT2D eigenvalue weighted by atomic mass is 16.6. The number of piperidine rings is 1. The number of fused-ring (bicyclic) bond motifs is 1. The molecule has 2 aliphatic heterocycles. The molecule has 2 aliphatic rings. The summed E-state index contributed by atoms with van der Waals surface area (Å²) in [7, 11) is 0. The van der Waals surface area contributed by atoms with Crippen molar-refractivity contribution in [3.63, 3.8) is 0 Å². The summed E-state index contributed by atoms with van der Waals surface area (Å²) in [6, 6.07) is 17.5. The molecule has 5 rings (SSSR count). The van der Waals surface area contributed by atoms with Gasteiger partial charge in [-0.1, -0.05) is 36.4 Å². The van der Waals surface area contributed by atoms with Crippen molar-refractivity contribution in [3.05, 3.63) is 66.4 Å². The normalized spacial score (nSPS) is 17.3. The lowest BCUT2D eigenvalue weighted by molar-refractivity contribution is -0.120. The zero-order chi connectivity index (χ0) is 22.8. The van der Waals surface area contributed by atoms with Gasteiger partial charge in [0.1, 0.15) is 6.61 Å². The first kappa shape index (κ1) is 21.1. The van der Waals surface area contributed by atoms with Crippen molar-refractivity contribution < 1.29 is 19.1 Å². The average Bonchev–Trinajstić information content (AvgIpc) is 3.28. The highest BCUT2D eigenvalue weighted by Gasteiger charge is 2.28. The molecule has 2 aromatic carbocycles. The van der Waals surface area contributed by atoms with E-state index in [1.807, 2.05) is 54.6 Å².